The molecule has 1 aromatic heterocycles. The Kier molecular flexibility index (Phi) is 4.39. The van der Waals surface area contributed by atoms with Crippen LogP contribution in [0.3, 0.4) is 0 Å². The fraction of sp³-hybridized carbons (Fsp3) is 0.769. The Labute approximate surface area is 113 Å². The lowest BCUT2D eigenvalue weighted by molar-refractivity contribution is -0.146. The van der Waals surface area contributed by atoms with Gasteiger partial charge in [-0.3, -0.25) is 4.79 Å². The lowest BCUT2D eigenvalue weighted by Crippen LogP contribution is -2.22. The average Bonchev–Trinajstić information content (AvgIpc) is 2.98. The number of carbonyl (C=O) groups is 1. The fourth-order valence-electron chi connectivity index (χ4n) is 2.29. The van der Waals surface area contributed by atoms with Gasteiger partial charge in [-0.05, 0) is 30.8 Å². The van der Waals surface area contributed by atoms with Crippen LogP contribution in [-0.2, 0) is 9.53 Å². The summed E-state index contributed by atoms with van der Waals surface area (Å²) in [6.07, 6.45) is 2.30. The molecule has 0 amide bonds. The zero-order valence-corrected chi connectivity index (χ0v) is 11.8. The van der Waals surface area contributed by atoms with Crippen LogP contribution in [-0.4, -0.2) is 35.8 Å². The molecule has 1 aromatic rings. The highest BCUT2D eigenvalue weighted by atomic mass is 16.5. The smallest absolute Gasteiger partial charge is 0.318 e. The van der Waals surface area contributed by atoms with E-state index in [0.29, 0.717) is 18.4 Å². The Hall–Kier alpha value is -1.59. The Balaban J connectivity index is 2.15. The second-order valence-corrected chi connectivity index (χ2v) is 5.10. The van der Waals surface area contributed by atoms with Crippen molar-refractivity contribution >= 4 is 11.9 Å². The quantitative estimate of drug-likeness (QED) is 0.760. The van der Waals surface area contributed by atoms with Gasteiger partial charge in [-0.25, -0.2) is 0 Å². The zero-order chi connectivity index (χ0) is 13.8. The van der Waals surface area contributed by atoms with Crippen LogP contribution in [0.5, 0.6) is 0 Å². The van der Waals surface area contributed by atoms with Crippen molar-refractivity contribution in [1.29, 1.82) is 0 Å². The molecule has 0 bridgehead atoms. The monoisotopic (exact) mass is 267 g/mol. The van der Waals surface area contributed by atoms with Crippen molar-refractivity contribution < 1.29 is 14.1 Å². The standard InChI is InChI=1S/C13H21N3O3/c1-4-18-12(17)10(9(2)3)11-14-13(15-19-11)16-7-5-6-8-16/h9-10H,4-8H2,1-3H3. The topological polar surface area (TPSA) is 68.5 Å². The van der Waals surface area contributed by atoms with Crippen LogP contribution in [0.25, 0.3) is 0 Å². The van der Waals surface area contributed by atoms with Gasteiger partial charge in [0.05, 0.1) is 6.61 Å². The van der Waals surface area contributed by atoms with Gasteiger partial charge in [0.25, 0.3) is 5.95 Å². The van der Waals surface area contributed by atoms with Gasteiger partial charge >= 0.3 is 5.97 Å². The number of aromatic nitrogens is 2. The zero-order valence-electron chi connectivity index (χ0n) is 11.8. The molecule has 0 saturated carbocycles. The maximum Gasteiger partial charge on any atom is 0.318 e. The van der Waals surface area contributed by atoms with Crippen LogP contribution >= 0.6 is 0 Å². The molecule has 1 fully saturated rings. The number of hydrogen-bond donors (Lipinski definition) is 0. The summed E-state index contributed by atoms with van der Waals surface area (Å²) in [5, 5.41) is 3.98. The van der Waals surface area contributed by atoms with Crippen LogP contribution in [0, 0.1) is 5.92 Å². The Morgan fingerprint density at radius 2 is 2.11 bits per heavy atom. The number of nitrogens with zero attached hydrogens (tertiary/aromatic N) is 3. The third kappa shape index (κ3) is 3.05. The lowest BCUT2D eigenvalue weighted by Gasteiger charge is -2.15. The van der Waals surface area contributed by atoms with Crippen molar-refractivity contribution in [2.45, 2.75) is 39.5 Å². The van der Waals surface area contributed by atoms with Gasteiger partial charge in [0.2, 0.25) is 5.89 Å². The predicted molar refractivity (Wildman–Crippen MR) is 70.0 cm³/mol. The van der Waals surface area contributed by atoms with Crippen LogP contribution < -0.4 is 4.90 Å². The molecule has 0 aliphatic carbocycles. The highest BCUT2D eigenvalue weighted by Crippen LogP contribution is 2.27. The van der Waals surface area contributed by atoms with Crippen molar-refractivity contribution in [2.24, 2.45) is 5.92 Å². The summed E-state index contributed by atoms with van der Waals surface area (Å²) in [5.74, 6) is 0.224. The first-order valence-corrected chi connectivity index (χ1v) is 6.88. The van der Waals surface area contributed by atoms with Crippen LogP contribution in [0.2, 0.25) is 0 Å². The largest absolute Gasteiger partial charge is 0.465 e. The van der Waals surface area contributed by atoms with Gasteiger partial charge < -0.3 is 14.2 Å². The summed E-state index contributed by atoms with van der Waals surface area (Å²) in [7, 11) is 0. The first-order chi connectivity index (χ1) is 9.13. The molecule has 2 heterocycles. The third-order valence-electron chi connectivity index (χ3n) is 3.29. The Bertz CT molecular complexity index is 425. The van der Waals surface area contributed by atoms with Gasteiger partial charge in [-0.15, -0.1) is 0 Å². The molecule has 0 radical (unpaired) electrons. The molecule has 1 atom stereocenters. The van der Waals surface area contributed by atoms with Gasteiger partial charge in [-0.1, -0.05) is 13.8 Å². The van der Waals surface area contributed by atoms with Gasteiger partial charge in [0, 0.05) is 13.1 Å². The molecule has 2 rings (SSSR count). The molecule has 0 spiro atoms. The van der Waals surface area contributed by atoms with Crippen molar-refractivity contribution in [1.82, 2.24) is 10.1 Å². The van der Waals surface area contributed by atoms with Gasteiger partial charge in [0.15, 0.2) is 0 Å². The second kappa shape index (κ2) is 6.04. The number of carbonyl (C=O) groups excluding carboxylic acids is 1. The van der Waals surface area contributed by atoms with E-state index in [4.69, 9.17) is 9.26 Å². The molecule has 0 aromatic carbocycles. The summed E-state index contributed by atoms with van der Waals surface area (Å²) in [6, 6.07) is 0. The van der Waals surface area contributed by atoms with E-state index < -0.39 is 5.92 Å². The fourth-order valence-corrected chi connectivity index (χ4v) is 2.29. The maximum absolute atomic E-state index is 12.0. The summed E-state index contributed by atoms with van der Waals surface area (Å²) >= 11 is 0. The normalized spacial score (nSPS) is 16.9. The second-order valence-electron chi connectivity index (χ2n) is 5.10. The maximum atomic E-state index is 12.0. The van der Waals surface area contributed by atoms with Gasteiger partial charge in [-0.2, -0.15) is 4.98 Å². The molecule has 1 saturated heterocycles. The molecule has 1 aliphatic heterocycles. The minimum absolute atomic E-state index is 0.0610. The number of rotatable bonds is 5. The molecule has 6 nitrogen and oxygen atoms in total. The van der Waals surface area contributed by atoms with E-state index in [2.05, 4.69) is 15.0 Å². The van der Waals surface area contributed by atoms with E-state index >= 15 is 0 Å². The SMILES string of the molecule is CCOC(=O)C(c1nc(N2CCCC2)no1)C(C)C. The lowest BCUT2D eigenvalue weighted by atomic mass is 9.96. The van der Waals surface area contributed by atoms with Crippen molar-refractivity contribution in [3.8, 4) is 0 Å². The predicted octanol–water partition coefficient (Wildman–Crippen LogP) is 1.97. The molecule has 1 unspecified atom stereocenters. The summed E-state index contributed by atoms with van der Waals surface area (Å²) in [5.41, 5.74) is 0. The molecular weight excluding hydrogens is 246 g/mol. The average molecular weight is 267 g/mol. The van der Waals surface area contributed by atoms with E-state index in [-0.39, 0.29) is 11.9 Å². The molecule has 106 valence electrons. The van der Waals surface area contributed by atoms with Crippen molar-refractivity contribution in [3.63, 3.8) is 0 Å². The highest BCUT2D eigenvalue weighted by Gasteiger charge is 2.32. The summed E-state index contributed by atoms with van der Waals surface area (Å²) in [6.45, 7) is 7.94. The minimum atomic E-state index is -0.483. The number of hydrogen-bond acceptors (Lipinski definition) is 6. The first kappa shape index (κ1) is 13.8. The van der Waals surface area contributed by atoms with E-state index in [0.717, 1.165) is 25.9 Å². The molecular formula is C13H21N3O3. The van der Waals surface area contributed by atoms with E-state index in [1.807, 2.05) is 13.8 Å². The summed E-state index contributed by atoms with van der Waals surface area (Å²) in [4.78, 5) is 18.4. The van der Waals surface area contributed by atoms with Gasteiger partial charge in [0.1, 0.15) is 5.92 Å². The van der Waals surface area contributed by atoms with Crippen LogP contribution in [0.1, 0.15) is 45.4 Å². The first-order valence-electron chi connectivity index (χ1n) is 6.88. The summed E-state index contributed by atoms with van der Waals surface area (Å²) < 4.78 is 10.3. The van der Waals surface area contributed by atoms with Crippen molar-refractivity contribution in [3.05, 3.63) is 5.89 Å². The Morgan fingerprint density at radius 1 is 1.42 bits per heavy atom. The molecule has 6 heteroatoms. The van der Waals surface area contributed by atoms with E-state index in [9.17, 15) is 4.79 Å². The molecule has 1 aliphatic rings. The number of esters is 1. The van der Waals surface area contributed by atoms with Crippen LogP contribution in [0.4, 0.5) is 5.95 Å². The third-order valence-corrected chi connectivity index (χ3v) is 3.29. The number of anilines is 1. The van der Waals surface area contributed by atoms with E-state index in [1.165, 1.54) is 0 Å². The Morgan fingerprint density at radius 3 is 2.68 bits per heavy atom. The minimum Gasteiger partial charge on any atom is -0.465 e. The van der Waals surface area contributed by atoms with Crippen molar-refractivity contribution in [2.75, 3.05) is 24.6 Å². The highest BCUT2D eigenvalue weighted by molar-refractivity contribution is 5.77. The van der Waals surface area contributed by atoms with Crippen LogP contribution in [0.15, 0.2) is 4.52 Å². The number of ether oxygens (including phenoxy) is 1. The molecule has 19 heavy (non-hydrogen) atoms. The van der Waals surface area contributed by atoms with E-state index in [1.54, 1.807) is 6.92 Å². The molecule has 0 N–H and O–H groups in total.